The lowest BCUT2D eigenvalue weighted by Gasteiger charge is -2.39. The summed E-state index contributed by atoms with van der Waals surface area (Å²) in [4.78, 5) is 44.5. The Kier molecular flexibility index (Phi) is 9.04. The van der Waals surface area contributed by atoms with Crippen LogP contribution in [0.25, 0.3) is 11.1 Å². The highest BCUT2D eigenvalue weighted by atomic mass is 19.3. The van der Waals surface area contributed by atoms with Crippen LogP contribution >= 0.6 is 0 Å². The van der Waals surface area contributed by atoms with Crippen LogP contribution in [0.2, 0.25) is 0 Å². The molecule has 0 radical (unpaired) electrons. The maximum Gasteiger partial charge on any atom is 0.387 e. The molecule has 2 N–H and O–H groups in total. The number of hydrogen-bond acceptors (Lipinski definition) is 7. The minimum atomic E-state index is -3.25. The fourth-order valence-electron chi connectivity index (χ4n) is 4.83. The van der Waals surface area contributed by atoms with Crippen LogP contribution in [-0.2, 0) is 6.54 Å². The summed E-state index contributed by atoms with van der Waals surface area (Å²) in [6.07, 6.45) is 0.308. The van der Waals surface area contributed by atoms with Gasteiger partial charge < -0.3 is 29.6 Å². The van der Waals surface area contributed by atoms with E-state index in [1.54, 1.807) is 13.2 Å². The molecule has 0 spiro atoms. The Balaban J connectivity index is 1.54. The Labute approximate surface area is 251 Å². The van der Waals surface area contributed by atoms with E-state index in [0.717, 1.165) is 35.9 Å². The van der Waals surface area contributed by atoms with Gasteiger partial charge in [-0.1, -0.05) is 0 Å². The maximum absolute atomic E-state index is 13.6. The second kappa shape index (κ2) is 12.8. The number of carbonyl (C=O) groups excluding carboxylic acids is 2. The number of nitrogens with one attached hydrogen (secondary N) is 2. The zero-order chi connectivity index (χ0) is 32.5. The van der Waals surface area contributed by atoms with Crippen molar-refractivity contribution in [2.45, 2.75) is 44.4 Å². The number of likely N-dealkylation sites (tertiary alicyclic amines) is 1. The number of carbonyl (C=O) groups is 2. The number of benzene rings is 1. The number of hydrogen-bond donors (Lipinski definition) is 2. The minimum absolute atomic E-state index is 0.0104. The number of rotatable bonds is 12. The molecule has 0 atom stereocenters. The van der Waals surface area contributed by atoms with Crippen molar-refractivity contribution in [3.63, 3.8) is 0 Å². The third kappa shape index (κ3) is 7.56. The molecule has 1 saturated carbocycles. The molecule has 1 aliphatic carbocycles. The first-order valence-corrected chi connectivity index (χ1v) is 13.7. The summed E-state index contributed by atoms with van der Waals surface area (Å²) in [5.41, 5.74) is -0.400. The van der Waals surface area contributed by atoms with Crippen LogP contribution in [0.4, 0.5) is 32.2 Å². The van der Waals surface area contributed by atoms with Gasteiger partial charge in [0.25, 0.3) is 29.7 Å². The van der Waals surface area contributed by atoms with E-state index < -0.39 is 67.7 Å². The van der Waals surface area contributed by atoms with E-state index in [0.29, 0.717) is 12.1 Å². The molecule has 2 aliphatic rings. The van der Waals surface area contributed by atoms with Crippen LogP contribution in [0.3, 0.4) is 0 Å². The zero-order valence-corrected chi connectivity index (χ0v) is 23.7. The molecule has 0 bridgehead atoms. The average Bonchev–Trinajstić information content (AvgIpc) is 3.80. The SMILES string of the molecule is CNCc1cc(C(=O)Nc2cc(-c3ccc(OC(F)F)cc3C(=O)N3CC(F)(F)C3)cc(OCC(F)F)n2)c(=O)n(C2CC2)c1. The molecule has 10 nitrogen and oxygen atoms in total. The van der Waals surface area contributed by atoms with Gasteiger partial charge in [0.15, 0.2) is 6.61 Å². The number of nitrogens with zero attached hydrogens (tertiary/aromatic N) is 3. The van der Waals surface area contributed by atoms with Gasteiger partial charge in [0.1, 0.15) is 17.1 Å². The molecular weight excluding hydrogens is 612 g/mol. The number of ether oxygens (including phenoxy) is 2. The van der Waals surface area contributed by atoms with Crippen molar-refractivity contribution in [2.24, 2.45) is 0 Å². The van der Waals surface area contributed by atoms with Crippen molar-refractivity contribution >= 4 is 17.6 Å². The van der Waals surface area contributed by atoms with Crippen molar-refractivity contribution < 1.29 is 45.4 Å². The number of aromatic nitrogens is 2. The lowest BCUT2D eigenvalue weighted by atomic mass is 9.97. The Hall–Kier alpha value is -4.60. The van der Waals surface area contributed by atoms with Gasteiger partial charge in [-0.3, -0.25) is 14.4 Å². The molecule has 1 aromatic carbocycles. The second-order valence-corrected chi connectivity index (χ2v) is 10.6. The monoisotopic (exact) mass is 639 g/mol. The highest BCUT2D eigenvalue weighted by molar-refractivity contribution is 6.05. The van der Waals surface area contributed by atoms with Gasteiger partial charge in [-0.15, -0.1) is 0 Å². The fraction of sp³-hybridized carbons (Fsp3) is 0.379. The number of alkyl halides is 6. The predicted molar refractivity (Wildman–Crippen MR) is 148 cm³/mol. The Bertz CT molecular complexity index is 1650. The van der Waals surface area contributed by atoms with E-state index in [1.807, 2.05) is 0 Å². The van der Waals surface area contributed by atoms with Crippen molar-refractivity contribution in [3.8, 4) is 22.8 Å². The van der Waals surface area contributed by atoms with Gasteiger partial charge in [0.2, 0.25) is 5.88 Å². The Morgan fingerprint density at radius 1 is 1.07 bits per heavy atom. The van der Waals surface area contributed by atoms with Gasteiger partial charge in [-0.25, -0.2) is 17.6 Å². The van der Waals surface area contributed by atoms with Gasteiger partial charge in [-0.2, -0.15) is 13.8 Å². The number of anilines is 1. The summed E-state index contributed by atoms with van der Waals surface area (Å²) in [5, 5.41) is 5.42. The molecule has 1 aliphatic heterocycles. The van der Waals surface area contributed by atoms with Crippen LogP contribution in [-0.4, -0.2) is 72.0 Å². The average molecular weight is 640 g/mol. The first kappa shape index (κ1) is 31.8. The topological polar surface area (TPSA) is 115 Å². The van der Waals surface area contributed by atoms with E-state index in [1.165, 1.54) is 22.8 Å². The van der Waals surface area contributed by atoms with Crippen molar-refractivity contribution in [2.75, 3.05) is 32.1 Å². The summed E-state index contributed by atoms with van der Waals surface area (Å²) in [7, 11) is 1.70. The molecule has 1 saturated heterocycles. The summed E-state index contributed by atoms with van der Waals surface area (Å²) >= 11 is 0. The molecule has 2 amide bonds. The smallest absolute Gasteiger partial charge is 0.387 e. The normalized spacial score (nSPS) is 15.6. The molecule has 0 unspecified atom stereocenters. The molecule has 2 fully saturated rings. The zero-order valence-electron chi connectivity index (χ0n) is 23.7. The lowest BCUT2D eigenvalue weighted by molar-refractivity contribution is -0.113. The minimum Gasteiger partial charge on any atom is -0.472 e. The van der Waals surface area contributed by atoms with E-state index in [4.69, 9.17) is 4.74 Å². The molecule has 45 heavy (non-hydrogen) atoms. The standard InChI is InChI=1S/C29H27F6N5O5/c1-36-10-15-6-21(27(43)40(11-15)17-2-3-17)25(41)38-23-7-16(8-24(37-23)44-12-22(30)31)19-5-4-18(45-28(32)33)9-20(19)26(42)39-13-29(34,35)14-39/h4-9,11,17,22,28,36H,2-3,10,12-14H2,1H3,(H,37,38,41). The second-order valence-electron chi connectivity index (χ2n) is 10.6. The highest BCUT2D eigenvalue weighted by Crippen LogP contribution is 2.36. The molecule has 5 rings (SSSR count). The van der Waals surface area contributed by atoms with Crippen LogP contribution in [0, 0.1) is 0 Å². The third-order valence-electron chi connectivity index (χ3n) is 6.96. The predicted octanol–water partition coefficient (Wildman–Crippen LogP) is 4.55. The van der Waals surface area contributed by atoms with Crippen molar-refractivity contribution in [1.82, 2.24) is 19.8 Å². The van der Waals surface area contributed by atoms with Gasteiger partial charge >= 0.3 is 6.61 Å². The summed E-state index contributed by atoms with van der Waals surface area (Å²) < 4.78 is 89.9. The van der Waals surface area contributed by atoms with Crippen LogP contribution in [0.5, 0.6) is 11.6 Å². The Morgan fingerprint density at radius 3 is 2.42 bits per heavy atom. The van der Waals surface area contributed by atoms with Gasteiger partial charge in [0.05, 0.1) is 18.7 Å². The molecule has 2 aromatic heterocycles. The van der Waals surface area contributed by atoms with Crippen molar-refractivity contribution in [3.05, 3.63) is 69.6 Å². The maximum atomic E-state index is 13.6. The largest absolute Gasteiger partial charge is 0.472 e. The van der Waals surface area contributed by atoms with Crippen LogP contribution < -0.4 is 25.7 Å². The Morgan fingerprint density at radius 2 is 1.80 bits per heavy atom. The summed E-state index contributed by atoms with van der Waals surface area (Å²) in [6.45, 7) is -5.79. The first-order valence-electron chi connectivity index (χ1n) is 13.7. The number of amides is 2. The summed E-state index contributed by atoms with van der Waals surface area (Å²) in [5.74, 6) is -6.04. The first-order chi connectivity index (χ1) is 21.3. The number of pyridine rings is 2. The molecule has 3 heterocycles. The van der Waals surface area contributed by atoms with Gasteiger partial charge in [-0.05, 0) is 66.9 Å². The molecule has 240 valence electrons. The van der Waals surface area contributed by atoms with Crippen LogP contribution in [0.1, 0.15) is 45.2 Å². The van der Waals surface area contributed by atoms with Gasteiger partial charge in [0, 0.05) is 24.8 Å². The van der Waals surface area contributed by atoms with E-state index >= 15 is 0 Å². The number of halogens is 6. The molecule has 3 aromatic rings. The van der Waals surface area contributed by atoms with E-state index in [-0.39, 0.29) is 34.1 Å². The third-order valence-corrected chi connectivity index (χ3v) is 6.96. The van der Waals surface area contributed by atoms with E-state index in [2.05, 4.69) is 20.4 Å². The lowest BCUT2D eigenvalue weighted by Crippen LogP contribution is -2.58. The highest BCUT2D eigenvalue weighted by Gasteiger charge is 2.46. The van der Waals surface area contributed by atoms with E-state index in [9.17, 15) is 40.7 Å². The van der Waals surface area contributed by atoms with Crippen LogP contribution in [0.15, 0.2) is 47.4 Å². The quantitative estimate of drug-likeness (QED) is 0.280. The van der Waals surface area contributed by atoms with Crippen molar-refractivity contribution in [1.29, 1.82) is 0 Å². The molecule has 16 heteroatoms. The molecular formula is C29H27F6N5O5. The fourth-order valence-corrected chi connectivity index (χ4v) is 4.83. The summed E-state index contributed by atoms with van der Waals surface area (Å²) in [6, 6.07) is 6.96.